The average molecular weight is 362 g/mol. The van der Waals surface area contributed by atoms with Crippen LogP contribution >= 0.6 is 0 Å². The first kappa shape index (κ1) is 18.3. The smallest absolute Gasteiger partial charge is 0.321 e. The summed E-state index contributed by atoms with van der Waals surface area (Å²) in [5.74, 6) is 5.92. The lowest BCUT2D eigenvalue weighted by Crippen LogP contribution is -2.28. The second-order valence-electron chi connectivity index (χ2n) is 6.34. The van der Waals surface area contributed by atoms with Gasteiger partial charge in [0.05, 0.1) is 6.54 Å². The number of carbonyl (C=O) groups is 2. The number of nitrogens with zero attached hydrogens (tertiary/aromatic N) is 1. The number of urea groups is 2. The summed E-state index contributed by atoms with van der Waals surface area (Å²) in [6.07, 6.45) is 0. The van der Waals surface area contributed by atoms with Gasteiger partial charge in [-0.2, -0.15) is 0 Å². The second-order valence-corrected chi connectivity index (χ2v) is 6.34. The molecule has 2 aromatic carbocycles. The van der Waals surface area contributed by atoms with E-state index in [1.54, 1.807) is 4.90 Å². The molecule has 0 bridgehead atoms. The number of carbonyl (C=O) groups excluding carboxylic acids is 2. The van der Waals surface area contributed by atoms with E-state index >= 15 is 0 Å². The van der Waals surface area contributed by atoms with Gasteiger partial charge < -0.3 is 16.0 Å². The van der Waals surface area contributed by atoms with E-state index in [0.29, 0.717) is 13.1 Å². The van der Waals surface area contributed by atoms with E-state index in [-0.39, 0.29) is 18.6 Å². The predicted octanol–water partition coefficient (Wildman–Crippen LogP) is 3.01. The summed E-state index contributed by atoms with van der Waals surface area (Å²) in [6, 6.07) is 12.9. The summed E-state index contributed by atoms with van der Waals surface area (Å²) in [6.45, 7) is 5.61. The van der Waals surface area contributed by atoms with Crippen LogP contribution in [0.2, 0.25) is 0 Å². The molecule has 27 heavy (non-hydrogen) atoms. The molecule has 3 rings (SSSR count). The average Bonchev–Trinajstić information content (AvgIpc) is 3.08. The second kappa shape index (κ2) is 8.28. The minimum Gasteiger partial charge on any atom is -0.336 e. The van der Waals surface area contributed by atoms with Gasteiger partial charge in [-0.05, 0) is 61.4 Å². The van der Waals surface area contributed by atoms with E-state index in [1.165, 1.54) is 5.56 Å². The van der Waals surface area contributed by atoms with Crippen molar-refractivity contribution in [1.29, 1.82) is 0 Å². The minimum atomic E-state index is -0.289. The van der Waals surface area contributed by atoms with E-state index in [9.17, 15) is 9.59 Å². The quantitative estimate of drug-likeness (QED) is 0.735. The van der Waals surface area contributed by atoms with Crippen molar-refractivity contribution < 1.29 is 9.59 Å². The van der Waals surface area contributed by atoms with Gasteiger partial charge in [-0.3, -0.25) is 4.90 Å². The zero-order valence-corrected chi connectivity index (χ0v) is 15.4. The number of aryl methyl sites for hydroxylation is 2. The summed E-state index contributed by atoms with van der Waals surface area (Å²) in [7, 11) is 0. The normalized spacial score (nSPS) is 12.8. The Morgan fingerprint density at radius 2 is 1.93 bits per heavy atom. The van der Waals surface area contributed by atoms with Gasteiger partial charge in [0.15, 0.2) is 0 Å². The van der Waals surface area contributed by atoms with Gasteiger partial charge in [-0.25, -0.2) is 9.59 Å². The van der Waals surface area contributed by atoms with Crippen molar-refractivity contribution in [3.05, 3.63) is 59.2 Å². The van der Waals surface area contributed by atoms with Gasteiger partial charge in [-0.15, -0.1) is 0 Å². The van der Waals surface area contributed by atoms with Crippen LogP contribution in [-0.4, -0.2) is 31.7 Å². The molecule has 138 valence electrons. The van der Waals surface area contributed by atoms with Crippen molar-refractivity contribution in [2.45, 2.75) is 13.8 Å². The topological polar surface area (TPSA) is 73.5 Å². The number of amides is 4. The fourth-order valence-electron chi connectivity index (χ4n) is 2.71. The summed E-state index contributed by atoms with van der Waals surface area (Å²) < 4.78 is 0. The molecule has 0 spiro atoms. The molecule has 1 fully saturated rings. The fraction of sp³-hybridized carbons (Fsp3) is 0.238. The Bertz CT molecular complexity index is 910. The van der Waals surface area contributed by atoms with E-state index in [2.05, 4.69) is 27.8 Å². The summed E-state index contributed by atoms with van der Waals surface area (Å²) >= 11 is 0. The standard InChI is InChI=1S/C21H22N4O2/c1-15-5-8-18(14-16(15)2)24-20(26)22-11-3-4-17-6-9-19(10-7-17)25-13-12-23-21(25)27/h5-10,14H,11-13H2,1-2H3,(H,23,27)(H2,22,24,26). The van der Waals surface area contributed by atoms with Crippen LogP contribution in [0.3, 0.4) is 0 Å². The molecular weight excluding hydrogens is 340 g/mol. The highest BCUT2D eigenvalue weighted by Gasteiger charge is 2.20. The largest absolute Gasteiger partial charge is 0.336 e. The number of hydrogen-bond donors (Lipinski definition) is 3. The van der Waals surface area contributed by atoms with Crippen molar-refractivity contribution in [1.82, 2.24) is 10.6 Å². The van der Waals surface area contributed by atoms with Crippen LogP contribution in [0, 0.1) is 25.7 Å². The van der Waals surface area contributed by atoms with E-state index in [0.717, 1.165) is 22.5 Å². The van der Waals surface area contributed by atoms with Crippen molar-refractivity contribution in [2.24, 2.45) is 0 Å². The van der Waals surface area contributed by atoms with E-state index in [4.69, 9.17) is 0 Å². The fourth-order valence-corrected chi connectivity index (χ4v) is 2.71. The number of hydrogen-bond acceptors (Lipinski definition) is 2. The third kappa shape index (κ3) is 4.79. The van der Waals surface area contributed by atoms with Crippen LogP contribution in [-0.2, 0) is 0 Å². The first-order chi connectivity index (χ1) is 13.0. The zero-order chi connectivity index (χ0) is 19.2. The molecule has 2 aromatic rings. The Balaban J connectivity index is 1.49. The molecule has 4 amide bonds. The number of rotatable bonds is 3. The molecule has 3 N–H and O–H groups in total. The Morgan fingerprint density at radius 1 is 1.15 bits per heavy atom. The van der Waals surface area contributed by atoms with Crippen molar-refractivity contribution in [2.75, 3.05) is 29.9 Å². The van der Waals surface area contributed by atoms with Gasteiger partial charge in [0, 0.05) is 30.0 Å². The predicted molar refractivity (Wildman–Crippen MR) is 107 cm³/mol. The van der Waals surface area contributed by atoms with Gasteiger partial charge in [0.1, 0.15) is 0 Å². The van der Waals surface area contributed by atoms with Crippen LogP contribution in [0.5, 0.6) is 0 Å². The summed E-state index contributed by atoms with van der Waals surface area (Å²) in [5, 5.41) is 8.27. The first-order valence-corrected chi connectivity index (χ1v) is 8.79. The monoisotopic (exact) mass is 362 g/mol. The molecule has 0 atom stereocenters. The lowest BCUT2D eigenvalue weighted by atomic mass is 10.1. The molecule has 1 saturated heterocycles. The lowest BCUT2D eigenvalue weighted by Gasteiger charge is -2.13. The number of nitrogens with one attached hydrogen (secondary N) is 3. The molecule has 0 aliphatic carbocycles. The van der Waals surface area contributed by atoms with E-state index < -0.39 is 0 Å². The molecule has 0 unspecified atom stereocenters. The molecule has 1 aliphatic heterocycles. The highest BCUT2D eigenvalue weighted by molar-refractivity contribution is 5.94. The highest BCUT2D eigenvalue weighted by Crippen LogP contribution is 2.17. The van der Waals surface area contributed by atoms with Gasteiger partial charge >= 0.3 is 12.1 Å². The summed E-state index contributed by atoms with van der Waals surface area (Å²) in [5.41, 5.74) is 4.74. The Kier molecular flexibility index (Phi) is 5.62. The van der Waals surface area contributed by atoms with Crippen molar-refractivity contribution in [3.8, 4) is 11.8 Å². The highest BCUT2D eigenvalue weighted by atomic mass is 16.2. The molecule has 1 aliphatic rings. The minimum absolute atomic E-state index is 0.0761. The molecule has 1 heterocycles. The Labute approximate surface area is 158 Å². The Morgan fingerprint density at radius 3 is 2.59 bits per heavy atom. The SMILES string of the molecule is Cc1ccc(NC(=O)NCC#Cc2ccc(N3CCNC3=O)cc2)cc1C. The molecule has 0 saturated carbocycles. The first-order valence-electron chi connectivity index (χ1n) is 8.79. The maximum Gasteiger partial charge on any atom is 0.321 e. The van der Waals surface area contributed by atoms with Crippen LogP contribution < -0.4 is 20.9 Å². The van der Waals surface area contributed by atoms with E-state index in [1.807, 2.05) is 56.3 Å². The van der Waals surface area contributed by atoms with Crippen molar-refractivity contribution in [3.63, 3.8) is 0 Å². The Hall–Kier alpha value is -3.46. The van der Waals surface area contributed by atoms with Gasteiger partial charge in [-0.1, -0.05) is 17.9 Å². The maximum absolute atomic E-state index is 11.9. The maximum atomic E-state index is 11.9. The third-order valence-corrected chi connectivity index (χ3v) is 4.37. The van der Waals surface area contributed by atoms with Gasteiger partial charge in [0.25, 0.3) is 0 Å². The third-order valence-electron chi connectivity index (χ3n) is 4.37. The lowest BCUT2D eigenvalue weighted by molar-refractivity contribution is 0.251. The number of benzene rings is 2. The van der Waals surface area contributed by atoms with Gasteiger partial charge in [0.2, 0.25) is 0 Å². The van der Waals surface area contributed by atoms with Crippen LogP contribution in [0.4, 0.5) is 21.0 Å². The molecule has 6 heteroatoms. The van der Waals surface area contributed by atoms with Crippen LogP contribution in [0.1, 0.15) is 16.7 Å². The summed E-state index contributed by atoms with van der Waals surface area (Å²) in [4.78, 5) is 25.2. The molecular formula is C21H22N4O2. The number of anilines is 2. The molecule has 6 nitrogen and oxygen atoms in total. The van der Waals surface area contributed by atoms with Crippen LogP contribution in [0.15, 0.2) is 42.5 Å². The zero-order valence-electron chi connectivity index (χ0n) is 15.4. The van der Waals surface area contributed by atoms with Crippen molar-refractivity contribution >= 4 is 23.4 Å². The molecule has 0 radical (unpaired) electrons. The molecule has 0 aromatic heterocycles. The van der Waals surface area contributed by atoms with Crippen LogP contribution in [0.25, 0.3) is 0 Å².